The maximum Gasteiger partial charge on any atom is 0.416 e. The molecular formula is C28H32F3N7O7. The molecule has 17 heteroatoms. The number of oxazole rings is 1. The van der Waals surface area contributed by atoms with E-state index in [0.717, 1.165) is 18.5 Å². The third kappa shape index (κ3) is 8.36. The number of nitrogens with one attached hydrogen (secondary N) is 1. The van der Waals surface area contributed by atoms with Gasteiger partial charge in [-0.3, -0.25) is 24.0 Å². The van der Waals surface area contributed by atoms with E-state index >= 15 is 0 Å². The second kappa shape index (κ2) is 13.0. The molecule has 0 atom stereocenters. The number of nitrogens with zero attached hydrogens (tertiary/aromatic N) is 5. The molecule has 0 spiro atoms. The Morgan fingerprint density at radius 2 is 1.84 bits per heavy atom. The summed E-state index contributed by atoms with van der Waals surface area (Å²) >= 11 is 0. The smallest absolute Gasteiger partial charge is 0.416 e. The predicted molar refractivity (Wildman–Crippen MR) is 151 cm³/mol. The lowest BCUT2D eigenvalue weighted by Crippen LogP contribution is -2.42. The van der Waals surface area contributed by atoms with E-state index in [1.165, 1.54) is 44.8 Å². The first kappa shape index (κ1) is 32.9. The van der Waals surface area contributed by atoms with Crippen LogP contribution in [0.25, 0.3) is 11.5 Å². The van der Waals surface area contributed by atoms with E-state index in [2.05, 4.69) is 20.4 Å². The van der Waals surface area contributed by atoms with Crippen molar-refractivity contribution in [3.8, 4) is 11.5 Å². The molecule has 0 saturated heterocycles. The fourth-order valence-electron chi connectivity index (χ4n) is 4.73. The fourth-order valence-corrected chi connectivity index (χ4v) is 4.73. The van der Waals surface area contributed by atoms with Gasteiger partial charge in [0, 0.05) is 18.0 Å². The Bertz CT molecular complexity index is 1570. The minimum Gasteiger partial charge on any atom is -0.469 e. The van der Waals surface area contributed by atoms with Crippen molar-refractivity contribution in [2.45, 2.75) is 64.3 Å². The summed E-state index contributed by atoms with van der Waals surface area (Å²) in [4.78, 5) is 57.9. The van der Waals surface area contributed by atoms with Crippen LogP contribution >= 0.6 is 0 Å². The number of esters is 1. The quantitative estimate of drug-likeness (QED) is 0.334. The number of rotatable bonds is 8. The van der Waals surface area contributed by atoms with Crippen LogP contribution in [-0.4, -0.2) is 69.1 Å². The van der Waals surface area contributed by atoms with Gasteiger partial charge in [-0.2, -0.15) is 18.3 Å². The Balaban J connectivity index is 1.52. The molecule has 1 aliphatic rings. The summed E-state index contributed by atoms with van der Waals surface area (Å²) in [5.41, 5.74) is 4.14. The van der Waals surface area contributed by atoms with Crippen LogP contribution in [0.4, 0.5) is 29.5 Å². The standard InChI is InChI=1S/C28H32F3N7O7/c1-27(2,3)45-26(42)37(14-28(29,30)31)20-11-16(9-10-33-20)24-35-19(13-44-24)23(40)34-18-12-38(36-21(18)22(32)39)17-7-5-15(6-8-17)25(41)43-4/h9-13,15,17H,5-8,14H2,1-4H3,(H2,32,39)(H,34,40)/t15-,17-. The highest BCUT2D eigenvalue weighted by Gasteiger charge is 2.37. The van der Waals surface area contributed by atoms with Gasteiger partial charge in [0.05, 0.1) is 24.8 Å². The number of nitrogens with two attached hydrogens (primary N) is 1. The molecule has 4 rings (SSSR count). The van der Waals surface area contributed by atoms with Crippen molar-refractivity contribution in [1.29, 1.82) is 0 Å². The average molecular weight is 636 g/mol. The largest absolute Gasteiger partial charge is 0.469 e. The van der Waals surface area contributed by atoms with Gasteiger partial charge in [0.25, 0.3) is 11.8 Å². The molecule has 0 radical (unpaired) electrons. The van der Waals surface area contributed by atoms with Crippen molar-refractivity contribution >= 4 is 35.4 Å². The van der Waals surface area contributed by atoms with Gasteiger partial charge >= 0.3 is 18.2 Å². The Morgan fingerprint density at radius 1 is 1.16 bits per heavy atom. The minimum absolute atomic E-state index is 0.0264. The number of carbonyl (C=O) groups is 4. The second-order valence-corrected chi connectivity index (χ2v) is 11.3. The van der Waals surface area contributed by atoms with E-state index < -0.39 is 36.2 Å². The molecule has 0 aromatic carbocycles. The summed E-state index contributed by atoms with van der Waals surface area (Å²) < 4.78 is 56.8. The van der Waals surface area contributed by atoms with Crippen molar-refractivity contribution in [3.63, 3.8) is 0 Å². The summed E-state index contributed by atoms with van der Waals surface area (Å²) in [5.74, 6) is -2.72. The van der Waals surface area contributed by atoms with E-state index in [-0.39, 0.29) is 52.3 Å². The van der Waals surface area contributed by atoms with E-state index in [1.807, 2.05) is 0 Å². The molecule has 1 saturated carbocycles. The van der Waals surface area contributed by atoms with Crippen molar-refractivity contribution in [1.82, 2.24) is 19.7 Å². The van der Waals surface area contributed by atoms with Crippen LogP contribution in [0, 0.1) is 5.92 Å². The number of alkyl halides is 3. The molecule has 3 amide bonds. The second-order valence-electron chi connectivity index (χ2n) is 11.3. The lowest BCUT2D eigenvalue weighted by molar-refractivity contribution is -0.146. The molecule has 0 unspecified atom stereocenters. The number of amides is 3. The van der Waals surface area contributed by atoms with Crippen molar-refractivity contribution in [3.05, 3.63) is 42.2 Å². The highest BCUT2D eigenvalue weighted by Crippen LogP contribution is 2.34. The normalized spacial score (nSPS) is 17.0. The van der Waals surface area contributed by atoms with E-state index in [4.69, 9.17) is 19.6 Å². The molecule has 3 aromatic rings. The Morgan fingerprint density at radius 3 is 2.44 bits per heavy atom. The van der Waals surface area contributed by atoms with Gasteiger partial charge in [-0.15, -0.1) is 0 Å². The number of anilines is 2. The first-order chi connectivity index (χ1) is 21.0. The van der Waals surface area contributed by atoms with E-state index in [0.29, 0.717) is 30.6 Å². The number of aromatic nitrogens is 4. The molecule has 45 heavy (non-hydrogen) atoms. The Kier molecular flexibility index (Phi) is 9.48. The summed E-state index contributed by atoms with van der Waals surface area (Å²) in [6.07, 6.45) is -0.109. The third-order valence-corrected chi connectivity index (χ3v) is 6.78. The lowest BCUT2D eigenvalue weighted by atomic mass is 9.86. The van der Waals surface area contributed by atoms with Gasteiger partial charge in [-0.05, 0) is 58.6 Å². The molecule has 14 nitrogen and oxygen atoms in total. The Hall–Kier alpha value is -4.96. The van der Waals surface area contributed by atoms with Crippen LogP contribution in [0.5, 0.6) is 0 Å². The lowest BCUT2D eigenvalue weighted by Gasteiger charge is -2.27. The van der Waals surface area contributed by atoms with Crippen LogP contribution in [0.3, 0.4) is 0 Å². The van der Waals surface area contributed by atoms with Crippen molar-refractivity contribution in [2.24, 2.45) is 11.7 Å². The molecule has 0 aliphatic heterocycles. The average Bonchev–Trinajstić information content (AvgIpc) is 3.63. The van der Waals surface area contributed by atoms with Crippen LogP contribution < -0.4 is 16.0 Å². The highest BCUT2D eigenvalue weighted by molar-refractivity contribution is 6.07. The highest BCUT2D eigenvalue weighted by atomic mass is 19.4. The Labute approximate surface area is 255 Å². The van der Waals surface area contributed by atoms with Crippen molar-refractivity contribution < 1.29 is 46.2 Å². The fraction of sp³-hybridized carbons (Fsp3) is 0.464. The SMILES string of the molecule is COC(=O)[C@H]1CC[C@H](n2cc(NC(=O)c3coc(-c4ccnc(N(CC(F)(F)F)C(=O)OC(C)(C)C)c4)n3)c(C(N)=O)n2)CC1. The van der Waals surface area contributed by atoms with Gasteiger partial charge < -0.3 is 24.9 Å². The summed E-state index contributed by atoms with van der Waals surface area (Å²) in [7, 11) is 1.33. The summed E-state index contributed by atoms with van der Waals surface area (Å²) in [5, 5.41) is 6.78. The van der Waals surface area contributed by atoms with Gasteiger partial charge in [0.2, 0.25) is 5.89 Å². The first-order valence-corrected chi connectivity index (χ1v) is 13.8. The van der Waals surface area contributed by atoms with E-state index in [1.54, 1.807) is 0 Å². The van der Waals surface area contributed by atoms with Crippen molar-refractivity contribution in [2.75, 3.05) is 23.9 Å². The van der Waals surface area contributed by atoms with E-state index in [9.17, 15) is 32.3 Å². The topological polar surface area (TPSA) is 185 Å². The molecule has 0 bridgehead atoms. The summed E-state index contributed by atoms with van der Waals surface area (Å²) in [6, 6.07) is 2.35. The number of pyridine rings is 1. The third-order valence-electron chi connectivity index (χ3n) is 6.78. The predicted octanol–water partition coefficient (Wildman–Crippen LogP) is 4.49. The first-order valence-electron chi connectivity index (χ1n) is 13.8. The van der Waals surface area contributed by atoms with Gasteiger partial charge in [-0.25, -0.2) is 14.8 Å². The minimum atomic E-state index is -4.76. The number of halogens is 3. The summed E-state index contributed by atoms with van der Waals surface area (Å²) in [6.45, 7) is 2.86. The van der Waals surface area contributed by atoms with Gasteiger partial charge in [-0.1, -0.05) is 0 Å². The number of hydrogen-bond donors (Lipinski definition) is 2. The maximum absolute atomic E-state index is 13.3. The number of ether oxygens (including phenoxy) is 2. The van der Waals surface area contributed by atoms with Crippen LogP contribution in [0.2, 0.25) is 0 Å². The monoisotopic (exact) mass is 635 g/mol. The number of methoxy groups -OCH3 is 1. The number of carbonyl (C=O) groups excluding carboxylic acids is 4. The number of hydrogen-bond acceptors (Lipinski definition) is 10. The molecule has 3 aromatic heterocycles. The zero-order chi connectivity index (χ0) is 33.1. The molecule has 3 N–H and O–H groups in total. The molecule has 242 valence electrons. The molecular weight excluding hydrogens is 603 g/mol. The molecule has 3 heterocycles. The molecule has 1 fully saturated rings. The van der Waals surface area contributed by atoms with Gasteiger partial charge in [0.1, 0.15) is 24.2 Å². The molecule has 1 aliphatic carbocycles. The zero-order valence-electron chi connectivity index (χ0n) is 24.9. The van der Waals surface area contributed by atoms with Gasteiger partial charge in [0.15, 0.2) is 11.4 Å². The van der Waals surface area contributed by atoms with Crippen LogP contribution in [0.1, 0.15) is 73.5 Å². The number of primary amides is 1. The van der Waals surface area contributed by atoms with Crippen LogP contribution in [-0.2, 0) is 14.3 Å². The maximum atomic E-state index is 13.3. The van der Waals surface area contributed by atoms with Crippen LogP contribution in [0.15, 0.2) is 35.2 Å². The zero-order valence-corrected chi connectivity index (χ0v) is 24.9.